The molecule has 0 unspecified atom stereocenters. The second kappa shape index (κ2) is 9.66. The SMILES string of the molecule is COc1cccc(F)c1-c1nccc(C(=O)Cc2ccc3c(nc(C)n3C)c2N2CCC[C@@H]2CN)n1. The Balaban J connectivity index is 1.55. The highest BCUT2D eigenvalue weighted by molar-refractivity contribution is 6.00. The lowest BCUT2D eigenvalue weighted by Crippen LogP contribution is -2.36. The summed E-state index contributed by atoms with van der Waals surface area (Å²) in [6.45, 7) is 3.37. The van der Waals surface area contributed by atoms with Gasteiger partial charge in [0, 0.05) is 38.8 Å². The molecule has 36 heavy (non-hydrogen) atoms. The zero-order chi connectivity index (χ0) is 25.4. The number of anilines is 1. The van der Waals surface area contributed by atoms with E-state index < -0.39 is 5.82 Å². The van der Waals surface area contributed by atoms with E-state index in [0.29, 0.717) is 12.3 Å². The molecule has 186 valence electrons. The van der Waals surface area contributed by atoms with Gasteiger partial charge in [0.2, 0.25) is 0 Å². The average Bonchev–Trinajstić information content (AvgIpc) is 3.47. The summed E-state index contributed by atoms with van der Waals surface area (Å²) in [7, 11) is 3.44. The fraction of sp³-hybridized carbons (Fsp3) is 0.333. The zero-order valence-electron chi connectivity index (χ0n) is 20.7. The predicted octanol–water partition coefficient (Wildman–Crippen LogP) is 3.84. The number of carbonyl (C=O) groups is 1. The molecule has 0 spiro atoms. The van der Waals surface area contributed by atoms with E-state index in [1.165, 1.54) is 19.4 Å². The maximum absolute atomic E-state index is 14.6. The molecule has 5 rings (SSSR count). The number of nitrogens with two attached hydrogens (primary N) is 1. The van der Waals surface area contributed by atoms with Crippen LogP contribution in [-0.4, -0.2) is 51.5 Å². The Hall–Kier alpha value is -3.85. The molecular weight excluding hydrogens is 459 g/mol. The summed E-state index contributed by atoms with van der Waals surface area (Å²) in [6.07, 6.45) is 3.64. The van der Waals surface area contributed by atoms with Crippen molar-refractivity contribution in [3.8, 4) is 17.1 Å². The summed E-state index contributed by atoms with van der Waals surface area (Å²) in [5, 5.41) is 0. The van der Waals surface area contributed by atoms with Gasteiger partial charge in [0.15, 0.2) is 11.6 Å². The maximum atomic E-state index is 14.6. The first-order valence-electron chi connectivity index (χ1n) is 12.0. The maximum Gasteiger partial charge on any atom is 0.185 e. The van der Waals surface area contributed by atoms with Gasteiger partial charge in [-0.3, -0.25) is 4.79 Å². The van der Waals surface area contributed by atoms with Gasteiger partial charge in [0.05, 0.1) is 23.9 Å². The Bertz CT molecular complexity index is 1450. The van der Waals surface area contributed by atoms with Crippen LogP contribution in [0.1, 0.15) is 34.7 Å². The van der Waals surface area contributed by atoms with Gasteiger partial charge in [-0.1, -0.05) is 12.1 Å². The van der Waals surface area contributed by atoms with Crippen molar-refractivity contribution in [2.75, 3.05) is 25.1 Å². The minimum atomic E-state index is -0.515. The van der Waals surface area contributed by atoms with Crippen molar-refractivity contribution in [1.82, 2.24) is 19.5 Å². The van der Waals surface area contributed by atoms with Crippen LogP contribution in [0.3, 0.4) is 0 Å². The largest absolute Gasteiger partial charge is 0.496 e. The third-order valence-electron chi connectivity index (χ3n) is 6.98. The van der Waals surface area contributed by atoms with E-state index in [4.69, 9.17) is 15.5 Å². The Kier molecular flexibility index (Phi) is 6.40. The molecule has 0 bridgehead atoms. The van der Waals surface area contributed by atoms with Crippen LogP contribution in [0, 0.1) is 12.7 Å². The Morgan fingerprint density at radius 3 is 2.83 bits per heavy atom. The molecule has 0 saturated carbocycles. The van der Waals surface area contributed by atoms with Gasteiger partial charge in [-0.2, -0.15) is 0 Å². The van der Waals surface area contributed by atoms with E-state index in [1.807, 2.05) is 26.1 Å². The van der Waals surface area contributed by atoms with E-state index in [-0.39, 0.29) is 35.3 Å². The van der Waals surface area contributed by atoms with Crippen molar-refractivity contribution in [3.63, 3.8) is 0 Å². The Morgan fingerprint density at radius 1 is 1.22 bits per heavy atom. The van der Waals surface area contributed by atoms with Gasteiger partial charge in [-0.25, -0.2) is 19.3 Å². The van der Waals surface area contributed by atoms with E-state index in [2.05, 4.69) is 19.4 Å². The number of Topliss-reactive ketones (excluding diaryl/α,β-unsaturated/α-hetero) is 1. The highest BCUT2D eigenvalue weighted by Gasteiger charge is 2.29. The van der Waals surface area contributed by atoms with Crippen LogP contribution >= 0.6 is 0 Å². The number of imidazole rings is 1. The summed E-state index contributed by atoms with van der Waals surface area (Å²) in [4.78, 5) is 29.2. The van der Waals surface area contributed by atoms with Gasteiger partial charge in [-0.15, -0.1) is 0 Å². The van der Waals surface area contributed by atoms with Crippen LogP contribution < -0.4 is 15.4 Å². The number of methoxy groups -OCH3 is 1. The second-order valence-corrected chi connectivity index (χ2v) is 9.07. The molecule has 0 amide bonds. The Labute approximate surface area is 208 Å². The van der Waals surface area contributed by atoms with Gasteiger partial charge in [-0.05, 0) is 49.6 Å². The van der Waals surface area contributed by atoms with Crippen LogP contribution in [-0.2, 0) is 13.5 Å². The summed E-state index contributed by atoms with van der Waals surface area (Å²) in [6, 6.07) is 10.3. The fourth-order valence-corrected chi connectivity index (χ4v) is 5.03. The molecule has 1 aliphatic rings. The number of nitrogens with zero attached hydrogens (tertiary/aromatic N) is 5. The van der Waals surface area contributed by atoms with Gasteiger partial charge >= 0.3 is 0 Å². The number of aromatic nitrogens is 4. The quantitative estimate of drug-likeness (QED) is 0.395. The van der Waals surface area contributed by atoms with Crippen molar-refractivity contribution in [3.05, 3.63) is 65.5 Å². The van der Waals surface area contributed by atoms with E-state index in [1.54, 1.807) is 18.2 Å². The molecule has 2 aromatic heterocycles. The normalized spacial score (nSPS) is 15.6. The number of ether oxygens (including phenoxy) is 1. The molecule has 0 radical (unpaired) electrons. The zero-order valence-corrected chi connectivity index (χ0v) is 20.7. The average molecular weight is 489 g/mol. The molecule has 1 fully saturated rings. The van der Waals surface area contributed by atoms with Crippen LogP contribution in [0.2, 0.25) is 0 Å². The molecule has 8 nitrogen and oxygen atoms in total. The smallest absolute Gasteiger partial charge is 0.185 e. The first kappa shape index (κ1) is 23.9. The lowest BCUT2D eigenvalue weighted by atomic mass is 10.0. The lowest BCUT2D eigenvalue weighted by molar-refractivity contribution is 0.0988. The number of aryl methyl sites for hydroxylation is 2. The summed E-state index contributed by atoms with van der Waals surface area (Å²) in [5.41, 5.74) is 10.2. The molecule has 9 heteroatoms. The predicted molar refractivity (Wildman–Crippen MR) is 137 cm³/mol. The van der Waals surface area contributed by atoms with Crippen molar-refractivity contribution >= 4 is 22.5 Å². The fourth-order valence-electron chi connectivity index (χ4n) is 5.03. The van der Waals surface area contributed by atoms with Crippen LogP contribution in [0.15, 0.2) is 42.6 Å². The van der Waals surface area contributed by atoms with Gasteiger partial charge < -0.3 is 19.9 Å². The number of halogens is 1. The van der Waals surface area contributed by atoms with Crippen molar-refractivity contribution in [2.24, 2.45) is 12.8 Å². The number of rotatable bonds is 7. The highest BCUT2D eigenvalue weighted by atomic mass is 19.1. The number of carbonyl (C=O) groups excluding carboxylic acids is 1. The standard InChI is InChI=1S/C27H29FN6O2/c1-16-31-25-21(33(16)2)10-9-17(26(25)34-13-5-6-18(34)15-29)14-22(35)20-11-12-30-27(32-20)24-19(28)7-4-8-23(24)36-3/h4,7-12,18H,5-6,13-15,29H2,1-3H3/t18-/m1/s1. The molecule has 3 heterocycles. The Morgan fingerprint density at radius 2 is 2.06 bits per heavy atom. The van der Waals surface area contributed by atoms with Crippen molar-refractivity contribution < 1.29 is 13.9 Å². The molecule has 0 aliphatic carbocycles. The molecule has 4 aromatic rings. The molecular formula is C27H29FN6O2. The number of hydrogen-bond donors (Lipinski definition) is 1. The first-order chi connectivity index (χ1) is 17.4. The van der Waals surface area contributed by atoms with E-state index >= 15 is 0 Å². The van der Waals surface area contributed by atoms with Crippen LogP contribution in [0.4, 0.5) is 10.1 Å². The summed E-state index contributed by atoms with van der Waals surface area (Å²) >= 11 is 0. The summed E-state index contributed by atoms with van der Waals surface area (Å²) < 4.78 is 22.0. The minimum Gasteiger partial charge on any atom is -0.496 e. The molecule has 1 saturated heterocycles. The lowest BCUT2D eigenvalue weighted by Gasteiger charge is -2.28. The first-order valence-corrected chi connectivity index (χ1v) is 12.0. The number of benzene rings is 2. The topological polar surface area (TPSA) is 99.2 Å². The summed E-state index contributed by atoms with van der Waals surface area (Å²) in [5.74, 6) is 0.608. The van der Waals surface area contributed by atoms with Gasteiger partial charge in [0.25, 0.3) is 0 Å². The number of ketones is 1. The monoisotopic (exact) mass is 488 g/mol. The van der Waals surface area contributed by atoms with Gasteiger partial charge in [0.1, 0.15) is 28.6 Å². The number of fused-ring (bicyclic) bond motifs is 1. The van der Waals surface area contributed by atoms with E-state index in [9.17, 15) is 9.18 Å². The van der Waals surface area contributed by atoms with Crippen LogP contribution in [0.5, 0.6) is 5.75 Å². The third kappa shape index (κ3) is 4.09. The van der Waals surface area contributed by atoms with Crippen molar-refractivity contribution in [2.45, 2.75) is 32.2 Å². The van der Waals surface area contributed by atoms with Crippen LogP contribution in [0.25, 0.3) is 22.4 Å². The third-order valence-corrected chi connectivity index (χ3v) is 6.98. The molecule has 1 aliphatic heterocycles. The molecule has 1 atom stereocenters. The molecule has 2 aromatic carbocycles. The number of hydrogen-bond acceptors (Lipinski definition) is 7. The minimum absolute atomic E-state index is 0.106. The second-order valence-electron chi connectivity index (χ2n) is 9.07. The van der Waals surface area contributed by atoms with E-state index in [0.717, 1.165) is 47.5 Å². The highest BCUT2D eigenvalue weighted by Crippen LogP contribution is 2.36. The molecule has 2 N–H and O–H groups in total. The van der Waals surface area contributed by atoms with Crippen molar-refractivity contribution in [1.29, 1.82) is 0 Å².